The summed E-state index contributed by atoms with van der Waals surface area (Å²) in [5.41, 5.74) is 7.35. The normalized spacial score (nSPS) is 12.8. The standard InChI is InChI=1S/C32H18N8.C9H6NO2.Cu/c1-2-10-18-17(9-1)25-33-26(18)38-28-21-13-5-6-14-22(21)30(35-28)40-32-24-16-8-7-15-23(24)31(36-32)39-29-20-12-4-3-11-19(20)27(34-29)37-25;1-10-8(11)6-4-2-3-5-7(6)9(10)12;/h1-16H,(H2,33,34,35,36,37,38,39,40);2-5H,1H2;. The molecule has 8 aromatic rings. The molecule has 0 saturated heterocycles. The van der Waals surface area contributed by atoms with E-state index in [4.69, 9.17) is 45.9 Å². The van der Waals surface area contributed by atoms with E-state index < -0.39 is 0 Å². The molecule has 0 fully saturated rings. The summed E-state index contributed by atoms with van der Waals surface area (Å²) < 4.78 is 0. The largest absolute Gasteiger partial charge is 0.324 e. The number of hydrogen-bond acceptors (Lipinski definition) is 8. The number of nitrogens with one attached hydrogen (secondary N) is 2. The third-order valence-electron chi connectivity index (χ3n) is 9.43. The van der Waals surface area contributed by atoms with Crippen LogP contribution in [0, 0.1) is 0 Å². The van der Waals surface area contributed by atoms with Gasteiger partial charge in [-0.05, 0) is 0 Å². The van der Waals surface area contributed by atoms with E-state index >= 15 is 0 Å². The number of rotatable bonds is 1. The quantitative estimate of drug-likeness (QED) is 0.129. The maximum atomic E-state index is 11.5. The first kappa shape index (κ1) is 30.9. The minimum Gasteiger partial charge on any atom is -0.324 e. The molecule has 3 aliphatic heterocycles. The van der Waals surface area contributed by atoms with Crippen LogP contribution < -0.4 is 0 Å². The first-order valence-electron chi connectivity index (χ1n) is 16.7. The van der Waals surface area contributed by atoms with Gasteiger partial charge in [-0.3, -0.25) is 0 Å². The maximum absolute atomic E-state index is 11.5. The fraction of sp³-hybridized carbons (Fsp3) is 0.0244. The van der Waals surface area contributed by atoms with Gasteiger partial charge in [-0.15, -0.1) is 0 Å². The van der Waals surface area contributed by atoms with Crippen LogP contribution in [-0.2, 0) is 16.0 Å². The van der Waals surface area contributed by atoms with Crippen LogP contribution in [0.1, 0.15) is 20.7 Å². The molecule has 11 nitrogen and oxygen atoms in total. The van der Waals surface area contributed by atoms with Crippen LogP contribution in [0.15, 0.2) is 121 Å². The molecule has 0 unspecified atom stereocenters. The zero-order valence-corrected chi connectivity index (χ0v) is 28.4. The Hall–Kier alpha value is -6.88. The molecule has 256 valence electrons. The second-order valence-corrected chi connectivity index (χ2v) is 12.8. The van der Waals surface area contributed by atoms with Crippen LogP contribution in [0.25, 0.3) is 89.7 Å². The van der Waals surface area contributed by atoms with Gasteiger partial charge < -0.3 is 9.97 Å². The summed E-state index contributed by atoms with van der Waals surface area (Å²) in [4.78, 5) is 60.8. The Bertz CT molecular complexity index is 2670. The van der Waals surface area contributed by atoms with Crippen molar-refractivity contribution in [3.8, 4) is 45.6 Å². The minimum atomic E-state index is -0.287. The Labute approximate surface area is 308 Å². The SMILES string of the molecule is O=C1c2ccccc2C(=O)N1[CH2][Cu].c1ccc2c(c1)-c1nc-2nc2[nH]c(nc3nc(nc4[nH]c(n1)c1ccccc41)-c1ccccc1-3)c1ccccc21. The number of carbonyl (C=O) groups excluding carboxylic acids is 2. The number of aromatic nitrogens is 8. The molecule has 11 rings (SSSR count). The van der Waals surface area contributed by atoms with E-state index in [-0.39, 0.29) is 17.3 Å². The van der Waals surface area contributed by atoms with Crippen LogP contribution in [0.2, 0.25) is 0 Å². The summed E-state index contributed by atoms with van der Waals surface area (Å²) in [7, 11) is 0. The van der Waals surface area contributed by atoms with Crippen molar-refractivity contribution >= 4 is 55.9 Å². The number of amides is 2. The Kier molecular flexibility index (Phi) is 7.07. The van der Waals surface area contributed by atoms with E-state index in [1.54, 1.807) is 24.3 Å². The van der Waals surface area contributed by atoms with Crippen molar-refractivity contribution in [3.05, 3.63) is 132 Å². The summed E-state index contributed by atoms with van der Waals surface area (Å²) in [5.74, 6) is 1.81. The average molecular weight is 738 g/mol. The van der Waals surface area contributed by atoms with Gasteiger partial charge in [-0.1, -0.05) is 97.1 Å². The van der Waals surface area contributed by atoms with Crippen molar-refractivity contribution in [3.63, 3.8) is 0 Å². The third-order valence-corrected chi connectivity index (χ3v) is 9.73. The van der Waals surface area contributed by atoms with E-state index in [0.29, 0.717) is 57.0 Å². The van der Waals surface area contributed by atoms with Gasteiger partial charge in [0.25, 0.3) is 0 Å². The molecular formula is C41H24CuN9O2. The molecule has 0 saturated carbocycles. The van der Waals surface area contributed by atoms with E-state index in [0.717, 1.165) is 48.7 Å². The Morgan fingerprint density at radius 3 is 0.943 bits per heavy atom. The number of nitrogens with zero attached hydrogens (tertiary/aromatic N) is 7. The molecule has 6 heterocycles. The summed E-state index contributed by atoms with van der Waals surface area (Å²) in [6, 6.07) is 39.0. The van der Waals surface area contributed by atoms with Crippen molar-refractivity contribution in [2.24, 2.45) is 0 Å². The maximum Gasteiger partial charge on any atom is 0.164 e. The van der Waals surface area contributed by atoms with E-state index in [1.807, 2.05) is 97.1 Å². The van der Waals surface area contributed by atoms with Gasteiger partial charge in [0.05, 0.1) is 0 Å². The molecule has 5 aromatic carbocycles. The molecule has 3 aliphatic rings. The topological polar surface area (TPSA) is 146 Å². The average Bonchev–Trinajstić information content (AvgIpc) is 3.98. The fourth-order valence-electron chi connectivity index (χ4n) is 6.92. The molecule has 0 radical (unpaired) electrons. The molecule has 12 heteroatoms. The molecule has 53 heavy (non-hydrogen) atoms. The van der Waals surface area contributed by atoms with Crippen LogP contribution in [0.4, 0.5) is 0 Å². The molecule has 0 aliphatic carbocycles. The first-order valence-corrected chi connectivity index (χ1v) is 17.4. The second kappa shape index (κ2) is 12.1. The van der Waals surface area contributed by atoms with Gasteiger partial charge in [-0.2, -0.15) is 0 Å². The smallest absolute Gasteiger partial charge is 0.164 e. The van der Waals surface area contributed by atoms with Gasteiger partial charge in [0.1, 0.15) is 22.6 Å². The third kappa shape index (κ3) is 4.95. The van der Waals surface area contributed by atoms with Crippen LogP contribution in [0.5, 0.6) is 0 Å². The summed E-state index contributed by atoms with van der Waals surface area (Å²) in [5, 5.41) is 3.82. The van der Waals surface area contributed by atoms with Gasteiger partial charge >= 0.3 is 83.2 Å². The van der Waals surface area contributed by atoms with Gasteiger partial charge in [0.15, 0.2) is 23.3 Å². The Morgan fingerprint density at radius 1 is 0.396 bits per heavy atom. The molecule has 8 bridgehead atoms. The second-order valence-electron chi connectivity index (χ2n) is 12.5. The number of benzene rings is 5. The summed E-state index contributed by atoms with van der Waals surface area (Å²) in [6.07, 6.45) is 0. The predicted molar refractivity (Wildman–Crippen MR) is 198 cm³/mol. The summed E-state index contributed by atoms with van der Waals surface area (Å²) >= 11 is 4.84. The molecule has 0 spiro atoms. The molecular weight excluding hydrogens is 714 g/mol. The molecule has 2 N–H and O–H groups in total. The van der Waals surface area contributed by atoms with E-state index in [9.17, 15) is 9.59 Å². The van der Waals surface area contributed by atoms with Crippen LogP contribution in [0.3, 0.4) is 0 Å². The van der Waals surface area contributed by atoms with Crippen molar-refractivity contribution in [2.45, 2.75) is 0 Å². The zero-order chi connectivity index (χ0) is 35.6. The zero-order valence-electron chi connectivity index (χ0n) is 27.5. The number of hydrogen-bond donors (Lipinski definition) is 2. The molecule has 2 amide bonds. The fourth-order valence-corrected chi connectivity index (χ4v) is 7.19. The first-order chi connectivity index (χ1) is 26.1. The van der Waals surface area contributed by atoms with Crippen LogP contribution in [-0.4, -0.2) is 62.0 Å². The number of carbonyl (C=O) groups is 2. The van der Waals surface area contributed by atoms with Gasteiger partial charge in [0, 0.05) is 43.8 Å². The van der Waals surface area contributed by atoms with Crippen LogP contribution >= 0.6 is 0 Å². The Morgan fingerprint density at radius 2 is 0.660 bits per heavy atom. The predicted octanol–water partition coefficient (Wildman–Crippen LogP) is 7.66. The number of imide groups is 1. The minimum absolute atomic E-state index is 0.000648. The van der Waals surface area contributed by atoms with Crippen molar-refractivity contribution in [2.75, 3.05) is 5.44 Å². The van der Waals surface area contributed by atoms with Crippen molar-refractivity contribution in [1.82, 2.24) is 44.8 Å². The molecule has 0 atom stereocenters. The Balaban J connectivity index is 0.000000228. The molecule has 3 aromatic heterocycles. The van der Waals surface area contributed by atoms with Gasteiger partial charge in [-0.25, -0.2) is 29.9 Å². The van der Waals surface area contributed by atoms with Crippen molar-refractivity contribution in [1.29, 1.82) is 0 Å². The van der Waals surface area contributed by atoms with Crippen molar-refractivity contribution < 1.29 is 25.6 Å². The van der Waals surface area contributed by atoms with E-state index in [2.05, 4.69) is 9.97 Å². The number of aromatic amines is 2. The van der Waals surface area contributed by atoms with E-state index in [1.165, 1.54) is 0 Å². The number of fused-ring (bicyclic) bond motifs is 21. The summed E-state index contributed by atoms with van der Waals surface area (Å²) in [6.45, 7) is 0. The monoisotopic (exact) mass is 737 g/mol. The number of H-pyrrole nitrogens is 2. The van der Waals surface area contributed by atoms with Gasteiger partial charge in [0.2, 0.25) is 0 Å².